The predicted octanol–water partition coefficient (Wildman–Crippen LogP) is 0.698. The van der Waals surface area contributed by atoms with Crippen LogP contribution >= 0.6 is 0 Å². The van der Waals surface area contributed by atoms with E-state index in [2.05, 4.69) is 10.3 Å². The van der Waals surface area contributed by atoms with Crippen LogP contribution in [0.1, 0.15) is 18.1 Å². The van der Waals surface area contributed by atoms with Crippen molar-refractivity contribution in [2.24, 2.45) is 7.05 Å². The number of benzene rings is 2. The number of nitrogens with one attached hydrogen (secondary N) is 2. The molecule has 0 fully saturated rings. The first-order chi connectivity index (χ1) is 13.9. The summed E-state index contributed by atoms with van der Waals surface area (Å²) in [6, 6.07) is 14.1. The van der Waals surface area contributed by atoms with Crippen LogP contribution in [0.4, 0.5) is 5.69 Å². The van der Waals surface area contributed by atoms with E-state index in [4.69, 9.17) is 4.74 Å². The van der Waals surface area contributed by atoms with E-state index < -0.39 is 0 Å². The second-order valence-corrected chi connectivity index (χ2v) is 6.48. The Morgan fingerprint density at radius 1 is 1.00 bits per heavy atom. The molecule has 29 heavy (non-hydrogen) atoms. The lowest BCUT2D eigenvalue weighted by Crippen LogP contribution is -2.52. The maximum atomic E-state index is 12.7. The van der Waals surface area contributed by atoms with Gasteiger partial charge in [-0.15, -0.1) is 0 Å². The fourth-order valence-electron chi connectivity index (χ4n) is 2.83. The van der Waals surface area contributed by atoms with Gasteiger partial charge in [0.25, 0.3) is 11.1 Å². The van der Waals surface area contributed by atoms with Gasteiger partial charge in [0, 0.05) is 19.7 Å². The molecule has 0 radical (unpaired) electrons. The Bertz CT molecular complexity index is 1270. The van der Waals surface area contributed by atoms with Gasteiger partial charge < -0.3 is 19.6 Å². The number of nitrogens with zero attached hydrogens (tertiary/aromatic N) is 1. The highest BCUT2D eigenvalue weighted by Gasteiger charge is 2.02. The van der Waals surface area contributed by atoms with E-state index in [-0.39, 0.29) is 27.7 Å². The summed E-state index contributed by atoms with van der Waals surface area (Å²) in [6.07, 6.45) is 3.24. The van der Waals surface area contributed by atoms with Crippen LogP contribution in [0.15, 0.2) is 58.1 Å². The molecule has 7 nitrogen and oxygen atoms in total. The first-order valence-electron chi connectivity index (χ1n) is 8.92. The molecule has 0 aliphatic heterocycles. The highest BCUT2D eigenvalue weighted by Crippen LogP contribution is 2.11. The van der Waals surface area contributed by atoms with Gasteiger partial charge >= 0.3 is 0 Å². The SMILES string of the molecule is COc1ccc(C=c2[nH]c(=O)c(=Cc3ccc(NC(C)=O)cc3)n(C)c2=O)cc1. The molecule has 0 bridgehead atoms. The Labute approximate surface area is 166 Å². The van der Waals surface area contributed by atoms with Crippen molar-refractivity contribution in [3.05, 3.63) is 91.1 Å². The Hall–Kier alpha value is -3.87. The van der Waals surface area contributed by atoms with Gasteiger partial charge in [0.15, 0.2) is 0 Å². The summed E-state index contributed by atoms with van der Waals surface area (Å²) >= 11 is 0. The van der Waals surface area contributed by atoms with Crippen LogP contribution in [0.2, 0.25) is 0 Å². The number of aromatic amines is 1. The van der Waals surface area contributed by atoms with Crippen molar-refractivity contribution in [2.75, 3.05) is 12.4 Å². The van der Waals surface area contributed by atoms with Crippen molar-refractivity contribution in [3.8, 4) is 5.75 Å². The third-order valence-corrected chi connectivity index (χ3v) is 4.34. The van der Waals surface area contributed by atoms with E-state index in [1.54, 1.807) is 74.8 Å². The Balaban J connectivity index is 2.04. The van der Waals surface area contributed by atoms with Crippen LogP contribution in [0.3, 0.4) is 0 Å². The van der Waals surface area contributed by atoms with Crippen LogP contribution in [0, 0.1) is 0 Å². The molecule has 2 aromatic carbocycles. The van der Waals surface area contributed by atoms with Crippen molar-refractivity contribution in [2.45, 2.75) is 6.92 Å². The molecule has 1 heterocycles. The van der Waals surface area contributed by atoms with Gasteiger partial charge in [-0.05, 0) is 47.5 Å². The summed E-state index contributed by atoms with van der Waals surface area (Å²) in [5.74, 6) is 0.544. The van der Waals surface area contributed by atoms with E-state index in [1.807, 2.05) is 0 Å². The number of carbonyl (C=O) groups is 1. The number of H-pyrrole nitrogens is 1. The smallest absolute Gasteiger partial charge is 0.274 e. The fraction of sp³-hybridized carbons (Fsp3) is 0.136. The molecule has 0 aliphatic carbocycles. The van der Waals surface area contributed by atoms with Gasteiger partial charge in [0.2, 0.25) is 5.91 Å². The molecule has 0 atom stereocenters. The minimum absolute atomic E-state index is 0.163. The van der Waals surface area contributed by atoms with Gasteiger partial charge in [-0.2, -0.15) is 0 Å². The van der Waals surface area contributed by atoms with E-state index in [9.17, 15) is 14.4 Å². The van der Waals surface area contributed by atoms with Gasteiger partial charge in [0.1, 0.15) is 16.4 Å². The minimum atomic E-state index is -0.377. The third kappa shape index (κ3) is 4.70. The van der Waals surface area contributed by atoms with Crippen LogP contribution in [0.5, 0.6) is 5.75 Å². The zero-order valence-corrected chi connectivity index (χ0v) is 16.4. The standard InChI is InChI=1S/C22H21N3O4/c1-14(26)23-17-8-4-16(5-9-17)13-20-21(27)24-19(22(28)25(20)2)12-15-6-10-18(29-3)11-7-15/h4-13H,1-3H3,(H,23,26)(H,24,27). The average Bonchev–Trinajstić information content (AvgIpc) is 2.70. The maximum Gasteiger partial charge on any atom is 0.274 e. The van der Waals surface area contributed by atoms with E-state index in [0.717, 1.165) is 11.1 Å². The number of methoxy groups -OCH3 is 1. The third-order valence-electron chi connectivity index (χ3n) is 4.34. The summed E-state index contributed by atoms with van der Waals surface area (Å²) in [7, 11) is 3.13. The lowest BCUT2D eigenvalue weighted by atomic mass is 10.2. The van der Waals surface area contributed by atoms with Crippen molar-refractivity contribution in [3.63, 3.8) is 0 Å². The van der Waals surface area contributed by atoms with E-state index in [1.165, 1.54) is 11.5 Å². The summed E-state index contributed by atoms with van der Waals surface area (Å²) in [6.45, 7) is 1.43. The number of anilines is 1. The molecule has 1 amide bonds. The minimum Gasteiger partial charge on any atom is -0.497 e. The number of hydrogen-bond acceptors (Lipinski definition) is 4. The number of ether oxygens (including phenoxy) is 1. The quantitative estimate of drug-likeness (QED) is 0.685. The van der Waals surface area contributed by atoms with Gasteiger partial charge in [-0.25, -0.2) is 0 Å². The lowest BCUT2D eigenvalue weighted by Gasteiger charge is -2.03. The molecule has 0 unspecified atom stereocenters. The molecule has 148 valence electrons. The molecule has 3 rings (SSSR count). The second kappa shape index (κ2) is 8.43. The Kier molecular flexibility index (Phi) is 5.78. The molecule has 0 saturated carbocycles. The maximum absolute atomic E-state index is 12.7. The van der Waals surface area contributed by atoms with Crippen LogP contribution in [-0.4, -0.2) is 22.6 Å². The van der Waals surface area contributed by atoms with E-state index in [0.29, 0.717) is 11.4 Å². The molecule has 0 saturated heterocycles. The molecular weight excluding hydrogens is 370 g/mol. The van der Waals surface area contributed by atoms with Crippen molar-refractivity contribution >= 4 is 23.7 Å². The zero-order valence-electron chi connectivity index (χ0n) is 16.4. The average molecular weight is 391 g/mol. The van der Waals surface area contributed by atoms with E-state index >= 15 is 0 Å². The number of carbonyl (C=O) groups excluding carboxylic acids is 1. The summed E-state index contributed by atoms with van der Waals surface area (Å²) in [5.41, 5.74) is 1.46. The molecule has 7 heteroatoms. The predicted molar refractivity (Wildman–Crippen MR) is 112 cm³/mol. The Morgan fingerprint density at radius 2 is 1.59 bits per heavy atom. The second-order valence-electron chi connectivity index (χ2n) is 6.48. The van der Waals surface area contributed by atoms with Crippen molar-refractivity contribution in [1.29, 1.82) is 0 Å². The normalized spacial score (nSPS) is 12.1. The van der Waals surface area contributed by atoms with Gasteiger partial charge in [0.05, 0.1) is 7.11 Å². The summed E-state index contributed by atoms with van der Waals surface area (Å²) < 4.78 is 6.43. The highest BCUT2D eigenvalue weighted by molar-refractivity contribution is 5.88. The van der Waals surface area contributed by atoms with Crippen LogP contribution in [0.25, 0.3) is 12.2 Å². The number of amides is 1. The molecule has 0 spiro atoms. The number of hydrogen-bond donors (Lipinski definition) is 2. The topological polar surface area (TPSA) is 93.2 Å². The number of aromatic nitrogens is 2. The first-order valence-corrected chi connectivity index (χ1v) is 8.92. The first kappa shape index (κ1) is 19.9. The molecule has 3 aromatic rings. The molecule has 2 N–H and O–H groups in total. The monoisotopic (exact) mass is 391 g/mol. The van der Waals surface area contributed by atoms with Gasteiger partial charge in [-0.3, -0.25) is 14.4 Å². The van der Waals surface area contributed by atoms with Gasteiger partial charge in [-0.1, -0.05) is 24.3 Å². The summed E-state index contributed by atoms with van der Waals surface area (Å²) in [4.78, 5) is 39.0. The molecule has 0 aliphatic rings. The van der Waals surface area contributed by atoms with Crippen molar-refractivity contribution in [1.82, 2.24) is 9.55 Å². The molecule has 1 aromatic heterocycles. The summed E-state index contributed by atoms with van der Waals surface area (Å²) in [5, 5.41) is 3.10. The Morgan fingerprint density at radius 3 is 2.17 bits per heavy atom. The number of rotatable bonds is 4. The highest BCUT2D eigenvalue weighted by atomic mass is 16.5. The van der Waals surface area contributed by atoms with Crippen LogP contribution in [-0.2, 0) is 11.8 Å². The zero-order chi connectivity index (χ0) is 21.0. The largest absolute Gasteiger partial charge is 0.497 e. The van der Waals surface area contributed by atoms with Crippen molar-refractivity contribution < 1.29 is 9.53 Å². The molecular formula is C22H21N3O4. The van der Waals surface area contributed by atoms with Crippen LogP contribution < -0.4 is 31.9 Å². The lowest BCUT2D eigenvalue weighted by molar-refractivity contribution is -0.114. The fourth-order valence-corrected chi connectivity index (χ4v) is 2.83.